The van der Waals surface area contributed by atoms with Crippen molar-refractivity contribution in [2.75, 3.05) is 26.7 Å². The molecular formula is C17H29N3O2. The van der Waals surface area contributed by atoms with Crippen molar-refractivity contribution >= 4 is 5.97 Å². The molecule has 0 fully saturated rings. The summed E-state index contributed by atoms with van der Waals surface area (Å²) in [6.45, 7) is 9.28. The Hall–Kier alpha value is -1.46. The Morgan fingerprint density at radius 3 is 2.68 bits per heavy atom. The van der Waals surface area contributed by atoms with Crippen molar-refractivity contribution in [3.8, 4) is 0 Å². The third kappa shape index (κ3) is 5.73. The highest BCUT2D eigenvalue weighted by atomic mass is 16.5. The van der Waals surface area contributed by atoms with Crippen molar-refractivity contribution in [1.29, 1.82) is 0 Å². The summed E-state index contributed by atoms with van der Waals surface area (Å²) in [7, 11) is 1.96. The van der Waals surface area contributed by atoms with Crippen molar-refractivity contribution in [2.45, 2.75) is 46.2 Å². The standard InChI is InChI=1S/C17H29N3O2/c1-5-16(6-2)20(11-10-18-4)13-15-12-14(8-9-19-15)17(21)22-7-3/h8-9,12,16,18H,5-7,10-11,13H2,1-4H3. The monoisotopic (exact) mass is 307 g/mol. The molecule has 0 saturated carbocycles. The van der Waals surface area contributed by atoms with Crippen LogP contribution >= 0.6 is 0 Å². The quantitative estimate of drug-likeness (QED) is 0.673. The van der Waals surface area contributed by atoms with Gasteiger partial charge in [0.15, 0.2) is 0 Å². The number of carbonyl (C=O) groups excluding carboxylic acids is 1. The van der Waals surface area contributed by atoms with Crippen molar-refractivity contribution in [1.82, 2.24) is 15.2 Å². The summed E-state index contributed by atoms with van der Waals surface area (Å²) in [5, 5.41) is 3.20. The first-order valence-electron chi connectivity index (χ1n) is 8.16. The molecule has 0 saturated heterocycles. The van der Waals surface area contributed by atoms with Gasteiger partial charge in [-0.15, -0.1) is 0 Å². The predicted octanol–water partition coefficient (Wildman–Crippen LogP) is 2.47. The molecule has 5 heteroatoms. The molecule has 0 bridgehead atoms. The van der Waals surface area contributed by atoms with E-state index in [0.29, 0.717) is 18.2 Å². The Morgan fingerprint density at radius 2 is 2.09 bits per heavy atom. The van der Waals surface area contributed by atoms with Gasteiger partial charge in [-0.05, 0) is 38.9 Å². The molecule has 0 spiro atoms. The van der Waals surface area contributed by atoms with Gasteiger partial charge in [0.1, 0.15) is 0 Å². The highest BCUT2D eigenvalue weighted by Gasteiger charge is 2.16. The Labute approximate surface area is 134 Å². The number of likely N-dealkylation sites (N-methyl/N-ethyl adjacent to an activating group) is 1. The molecule has 0 amide bonds. The molecule has 0 aliphatic heterocycles. The second kappa shape index (κ2) is 10.3. The summed E-state index contributed by atoms with van der Waals surface area (Å²) < 4.78 is 5.05. The SMILES string of the molecule is CCOC(=O)c1ccnc(CN(CCNC)C(CC)CC)c1. The van der Waals surface area contributed by atoms with E-state index in [1.807, 2.05) is 20.0 Å². The van der Waals surface area contributed by atoms with Crippen molar-refractivity contribution < 1.29 is 9.53 Å². The molecular weight excluding hydrogens is 278 g/mol. The molecule has 0 unspecified atom stereocenters. The van der Waals surface area contributed by atoms with E-state index < -0.39 is 0 Å². The first-order valence-corrected chi connectivity index (χ1v) is 8.16. The molecule has 0 aliphatic carbocycles. The van der Waals surface area contributed by atoms with Crippen LogP contribution in [-0.2, 0) is 11.3 Å². The summed E-state index contributed by atoms with van der Waals surface area (Å²) in [5.41, 5.74) is 1.48. The van der Waals surface area contributed by atoms with Crippen molar-refractivity contribution in [3.63, 3.8) is 0 Å². The highest BCUT2D eigenvalue weighted by molar-refractivity contribution is 5.89. The topological polar surface area (TPSA) is 54.5 Å². The van der Waals surface area contributed by atoms with Gasteiger partial charge in [0.2, 0.25) is 0 Å². The number of hydrogen-bond donors (Lipinski definition) is 1. The number of hydrogen-bond acceptors (Lipinski definition) is 5. The van der Waals surface area contributed by atoms with E-state index >= 15 is 0 Å². The number of nitrogens with one attached hydrogen (secondary N) is 1. The number of rotatable bonds is 10. The van der Waals surface area contributed by atoms with Crippen LogP contribution in [0.1, 0.15) is 49.7 Å². The van der Waals surface area contributed by atoms with Crippen molar-refractivity contribution in [2.24, 2.45) is 0 Å². The number of carbonyl (C=O) groups is 1. The van der Waals surface area contributed by atoms with Gasteiger partial charge in [0.25, 0.3) is 0 Å². The summed E-state index contributed by atoms with van der Waals surface area (Å²) in [5.74, 6) is -0.282. The zero-order valence-corrected chi connectivity index (χ0v) is 14.3. The van der Waals surface area contributed by atoms with Gasteiger partial charge in [0.05, 0.1) is 17.9 Å². The summed E-state index contributed by atoms with van der Waals surface area (Å²) in [6, 6.07) is 4.07. The van der Waals surface area contributed by atoms with Crippen LogP contribution in [-0.4, -0.2) is 48.6 Å². The fourth-order valence-corrected chi connectivity index (χ4v) is 2.57. The Kier molecular flexibility index (Phi) is 8.70. The first-order chi connectivity index (χ1) is 10.7. The Morgan fingerprint density at radius 1 is 1.36 bits per heavy atom. The minimum atomic E-state index is -0.282. The number of aromatic nitrogens is 1. The van der Waals surface area contributed by atoms with Crippen LogP contribution in [0.2, 0.25) is 0 Å². The number of nitrogens with zero attached hydrogens (tertiary/aromatic N) is 2. The Balaban J connectivity index is 2.83. The summed E-state index contributed by atoms with van der Waals surface area (Å²) >= 11 is 0. The van der Waals surface area contributed by atoms with E-state index in [2.05, 4.69) is 29.0 Å². The van der Waals surface area contributed by atoms with Crippen LogP contribution in [0, 0.1) is 0 Å². The number of ether oxygens (including phenoxy) is 1. The van der Waals surface area contributed by atoms with Gasteiger partial charge >= 0.3 is 5.97 Å². The van der Waals surface area contributed by atoms with E-state index in [1.165, 1.54) is 0 Å². The van der Waals surface area contributed by atoms with Crippen LogP contribution in [0.25, 0.3) is 0 Å². The predicted molar refractivity (Wildman–Crippen MR) is 88.9 cm³/mol. The van der Waals surface area contributed by atoms with E-state index in [1.54, 1.807) is 12.3 Å². The third-order valence-corrected chi connectivity index (χ3v) is 3.80. The maximum absolute atomic E-state index is 11.8. The van der Waals surface area contributed by atoms with Gasteiger partial charge in [-0.3, -0.25) is 9.88 Å². The van der Waals surface area contributed by atoms with E-state index in [0.717, 1.165) is 38.2 Å². The van der Waals surface area contributed by atoms with Crippen LogP contribution in [0.3, 0.4) is 0 Å². The molecule has 0 aliphatic rings. The van der Waals surface area contributed by atoms with E-state index in [4.69, 9.17) is 4.74 Å². The van der Waals surface area contributed by atoms with Crippen LogP contribution < -0.4 is 5.32 Å². The molecule has 1 aromatic rings. The average molecular weight is 307 g/mol. The fourth-order valence-electron chi connectivity index (χ4n) is 2.57. The molecule has 1 N–H and O–H groups in total. The highest BCUT2D eigenvalue weighted by Crippen LogP contribution is 2.13. The van der Waals surface area contributed by atoms with Crippen LogP contribution in [0.5, 0.6) is 0 Å². The number of pyridine rings is 1. The zero-order chi connectivity index (χ0) is 16.4. The lowest BCUT2D eigenvalue weighted by molar-refractivity contribution is 0.0526. The van der Waals surface area contributed by atoms with Gasteiger partial charge < -0.3 is 10.1 Å². The number of esters is 1. The summed E-state index contributed by atoms with van der Waals surface area (Å²) in [4.78, 5) is 18.7. The minimum absolute atomic E-state index is 0.282. The Bertz CT molecular complexity index is 447. The van der Waals surface area contributed by atoms with Gasteiger partial charge in [-0.25, -0.2) is 4.79 Å². The van der Waals surface area contributed by atoms with Crippen molar-refractivity contribution in [3.05, 3.63) is 29.6 Å². The molecule has 1 aromatic heterocycles. The van der Waals surface area contributed by atoms with Crippen LogP contribution in [0.15, 0.2) is 18.3 Å². The first kappa shape index (κ1) is 18.6. The maximum Gasteiger partial charge on any atom is 0.338 e. The van der Waals surface area contributed by atoms with E-state index in [-0.39, 0.29) is 5.97 Å². The largest absolute Gasteiger partial charge is 0.462 e. The lowest BCUT2D eigenvalue weighted by Gasteiger charge is -2.30. The van der Waals surface area contributed by atoms with E-state index in [9.17, 15) is 4.79 Å². The lowest BCUT2D eigenvalue weighted by Crippen LogP contribution is -2.38. The van der Waals surface area contributed by atoms with Gasteiger partial charge in [-0.2, -0.15) is 0 Å². The second-order valence-corrected chi connectivity index (χ2v) is 5.30. The average Bonchev–Trinajstić information content (AvgIpc) is 2.54. The molecule has 0 aromatic carbocycles. The molecule has 0 radical (unpaired) electrons. The normalized spacial score (nSPS) is 11.2. The molecule has 1 heterocycles. The lowest BCUT2D eigenvalue weighted by atomic mass is 10.1. The zero-order valence-electron chi connectivity index (χ0n) is 14.3. The smallest absolute Gasteiger partial charge is 0.338 e. The second-order valence-electron chi connectivity index (χ2n) is 5.30. The molecule has 22 heavy (non-hydrogen) atoms. The van der Waals surface area contributed by atoms with Gasteiger partial charge in [-0.1, -0.05) is 13.8 Å². The maximum atomic E-state index is 11.8. The van der Waals surface area contributed by atoms with Crippen LogP contribution in [0.4, 0.5) is 0 Å². The van der Waals surface area contributed by atoms with Gasteiger partial charge in [0, 0.05) is 31.9 Å². The minimum Gasteiger partial charge on any atom is -0.462 e. The molecule has 1 rings (SSSR count). The molecule has 0 atom stereocenters. The molecule has 124 valence electrons. The molecule has 5 nitrogen and oxygen atoms in total. The summed E-state index contributed by atoms with van der Waals surface area (Å²) in [6.07, 6.45) is 3.90. The third-order valence-electron chi connectivity index (χ3n) is 3.80. The fraction of sp³-hybridized carbons (Fsp3) is 0.647.